The zero-order valence-corrected chi connectivity index (χ0v) is 13.8. The van der Waals surface area contributed by atoms with Gasteiger partial charge < -0.3 is 5.32 Å². The second kappa shape index (κ2) is 6.50. The van der Waals surface area contributed by atoms with Crippen LogP contribution in [0.2, 0.25) is 0 Å². The summed E-state index contributed by atoms with van der Waals surface area (Å²) in [5.74, 6) is 1.64. The highest BCUT2D eigenvalue weighted by Gasteiger charge is 2.44. The second-order valence-corrected chi connectivity index (χ2v) is 7.21. The van der Waals surface area contributed by atoms with Crippen molar-refractivity contribution in [1.29, 1.82) is 0 Å². The Bertz CT molecular complexity index is 442. The Balaban J connectivity index is 1.86. The van der Waals surface area contributed by atoms with Crippen molar-refractivity contribution in [2.24, 2.45) is 11.8 Å². The molecule has 2 fully saturated rings. The van der Waals surface area contributed by atoms with Crippen molar-refractivity contribution < 1.29 is 0 Å². The summed E-state index contributed by atoms with van der Waals surface area (Å²) in [7, 11) is 0. The summed E-state index contributed by atoms with van der Waals surface area (Å²) in [5.41, 5.74) is 1.45. The normalized spacial score (nSPS) is 28.2. The minimum atomic E-state index is 0.454. The lowest BCUT2D eigenvalue weighted by Gasteiger charge is -2.42. The molecular formula is C19H30N2. The average Bonchev–Trinajstić information content (AvgIpc) is 3.10. The van der Waals surface area contributed by atoms with Crippen LogP contribution in [0.1, 0.15) is 51.6 Å². The topological polar surface area (TPSA) is 15.3 Å². The summed E-state index contributed by atoms with van der Waals surface area (Å²) in [5, 5.41) is 3.78. The van der Waals surface area contributed by atoms with Gasteiger partial charge in [0.2, 0.25) is 0 Å². The number of fused-ring (bicyclic) bond motifs is 2. The van der Waals surface area contributed by atoms with Crippen LogP contribution >= 0.6 is 0 Å². The maximum atomic E-state index is 3.78. The molecule has 2 aliphatic rings. The predicted octanol–water partition coefficient (Wildman–Crippen LogP) is 3.85. The summed E-state index contributed by atoms with van der Waals surface area (Å²) in [4.78, 5) is 2.83. The zero-order valence-electron chi connectivity index (χ0n) is 13.8. The quantitative estimate of drug-likeness (QED) is 0.854. The molecule has 0 aromatic heterocycles. The van der Waals surface area contributed by atoms with Gasteiger partial charge in [0.15, 0.2) is 0 Å². The van der Waals surface area contributed by atoms with Crippen molar-refractivity contribution in [2.75, 3.05) is 13.1 Å². The smallest absolute Gasteiger partial charge is 0.0480 e. The van der Waals surface area contributed by atoms with Crippen LogP contribution in [0, 0.1) is 11.8 Å². The first-order valence-electron chi connectivity index (χ1n) is 8.74. The third-order valence-electron chi connectivity index (χ3n) is 5.44. The molecule has 2 nitrogen and oxygen atoms in total. The first kappa shape index (κ1) is 15.1. The van der Waals surface area contributed by atoms with Crippen molar-refractivity contribution in [1.82, 2.24) is 10.2 Å². The molecule has 0 radical (unpaired) electrons. The minimum absolute atomic E-state index is 0.454. The largest absolute Gasteiger partial charge is 0.309 e. The molecule has 1 aromatic carbocycles. The van der Waals surface area contributed by atoms with Gasteiger partial charge in [0, 0.05) is 24.7 Å². The molecule has 4 atom stereocenters. The molecule has 0 spiro atoms. The van der Waals surface area contributed by atoms with E-state index in [2.05, 4.69) is 61.3 Å². The average molecular weight is 286 g/mol. The number of likely N-dealkylation sites (tertiary alicyclic amines) is 1. The van der Waals surface area contributed by atoms with Crippen molar-refractivity contribution in [3.8, 4) is 0 Å². The first-order chi connectivity index (χ1) is 10.2. The molecule has 1 aliphatic heterocycles. The van der Waals surface area contributed by atoms with E-state index in [-0.39, 0.29) is 0 Å². The van der Waals surface area contributed by atoms with Crippen LogP contribution in [-0.4, -0.2) is 30.1 Å². The number of hydrogen-bond donors (Lipinski definition) is 1. The number of likely N-dealkylation sites (N-methyl/N-ethyl adjacent to an activating group) is 1. The van der Waals surface area contributed by atoms with Gasteiger partial charge in [-0.3, -0.25) is 4.90 Å². The molecule has 1 saturated carbocycles. The van der Waals surface area contributed by atoms with E-state index in [1.54, 1.807) is 0 Å². The van der Waals surface area contributed by atoms with Gasteiger partial charge in [0.05, 0.1) is 0 Å². The van der Waals surface area contributed by atoms with E-state index in [0.29, 0.717) is 18.0 Å². The molecule has 1 saturated heterocycles. The molecule has 116 valence electrons. The van der Waals surface area contributed by atoms with Gasteiger partial charge in [-0.15, -0.1) is 0 Å². The van der Waals surface area contributed by atoms with E-state index >= 15 is 0 Å². The zero-order chi connectivity index (χ0) is 14.8. The van der Waals surface area contributed by atoms with Crippen LogP contribution in [0.15, 0.2) is 30.3 Å². The van der Waals surface area contributed by atoms with Crippen LogP contribution in [0.25, 0.3) is 0 Å². The lowest BCUT2D eigenvalue weighted by molar-refractivity contribution is 0.0849. The maximum Gasteiger partial charge on any atom is 0.0480 e. The number of nitrogens with zero attached hydrogens (tertiary/aromatic N) is 1. The monoisotopic (exact) mass is 286 g/mol. The molecule has 1 aliphatic carbocycles. The second-order valence-electron chi connectivity index (χ2n) is 7.21. The molecular weight excluding hydrogens is 256 g/mol. The van der Waals surface area contributed by atoms with Crippen molar-refractivity contribution in [3.05, 3.63) is 35.9 Å². The highest BCUT2D eigenvalue weighted by atomic mass is 15.2. The molecule has 0 amide bonds. The van der Waals surface area contributed by atoms with E-state index in [1.807, 2.05) is 0 Å². The Morgan fingerprint density at radius 1 is 1.19 bits per heavy atom. The highest BCUT2D eigenvalue weighted by Crippen LogP contribution is 2.42. The summed E-state index contributed by atoms with van der Waals surface area (Å²) in [6.07, 6.45) is 4.32. The van der Waals surface area contributed by atoms with E-state index in [1.165, 1.54) is 31.4 Å². The van der Waals surface area contributed by atoms with E-state index in [0.717, 1.165) is 18.5 Å². The van der Waals surface area contributed by atoms with E-state index < -0.39 is 0 Å². The van der Waals surface area contributed by atoms with Gasteiger partial charge in [0.1, 0.15) is 0 Å². The standard InChI is InChI=1S/C19H30N2/c1-4-20-18(16-8-6-5-7-9-16)19(14(2)3)21-13-15-10-11-17(21)12-15/h5-9,14-15,17-20H,4,10-13H2,1-3H3. The third kappa shape index (κ3) is 3.02. The van der Waals surface area contributed by atoms with Gasteiger partial charge in [0.25, 0.3) is 0 Å². The Hall–Kier alpha value is -0.860. The Kier molecular flexibility index (Phi) is 4.66. The Morgan fingerprint density at radius 2 is 1.95 bits per heavy atom. The summed E-state index contributed by atoms with van der Waals surface area (Å²) >= 11 is 0. The lowest BCUT2D eigenvalue weighted by Crippen LogP contribution is -2.50. The van der Waals surface area contributed by atoms with Crippen molar-refractivity contribution >= 4 is 0 Å². The maximum absolute atomic E-state index is 3.78. The highest BCUT2D eigenvalue weighted by molar-refractivity contribution is 5.21. The molecule has 2 bridgehead atoms. The van der Waals surface area contributed by atoms with Gasteiger partial charge in [-0.2, -0.15) is 0 Å². The SMILES string of the molecule is CCNC(c1ccccc1)C(C(C)C)N1CC2CCC1C2. The van der Waals surface area contributed by atoms with E-state index in [9.17, 15) is 0 Å². The van der Waals surface area contributed by atoms with Crippen LogP contribution in [0.5, 0.6) is 0 Å². The van der Waals surface area contributed by atoms with E-state index in [4.69, 9.17) is 0 Å². The van der Waals surface area contributed by atoms with Crippen LogP contribution in [0.3, 0.4) is 0 Å². The number of hydrogen-bond acceptors (Lipinski definition) is 2. The molecule has 1 N–H and O–H groups in total. The van der Waals surface area contributed by atoms with Gasteiger partial charge in [-0.1, -0.05) is 51.1 Å². The first-order valence-corrected chi connectivity index (χ1v) is 8.74. The fraction of sp³-hybridized carbons (Fsp3) is 0.684. The number of nitrogens with one attached hydrogen (secondary N) is 1. The van der Waals surface area contributed by atoms with Crippen molar-refractivity contribution in [3.63, 3.8) is 0 Å². The summed E-state index contributed by atoms with van der Waals surface area (Å²) in [6, 6.07) is 13.0. The van der Waals surface area contributed by atoms with Crippen molar-refractivity contribution in [2.45, 2.75) is 58.2 Å². The molecule has 4 unspecified atom stereocenters. The van der Waals surface area contributed by atoms with Gasteiger partial charge >= 0.3 is 0 Å². The Morgan fingerprint density at radius 3 is 2.48 bits per heavy atom. The van der Waals surface area contributed by atoms with Gasteiger partial charge in [-0.25, -0.2) is 0 Å². The van der Waals surface area contributed by atoms with Crippen LogP contribution in [-0.2, 0) is 0 Å². The number of rotatable bonds is 6. The summed E-state index contributed by atoms with van der Waals surface area (Å²) in [6.45, 7) is 9.37. The minimum Gasteiger partial charge on any atom is -0.309 e. The van der Waals surface area contributed by atoms with Gasteiger partial charge in [-0.05, 0) is 43.2 Å². The molecule has 1 heterocycles. The number of piperidine rings is 1. The summed E-state index contributed by atoms with van der Waals surface area (Å²) < 4.78 is 0. The van der Waals surface area contributed by atoms with Crippen LogP contribution < -0.4 is 5.32 Å². The van der Waals surface area contributed by atoms with Crippen LogP contribution in [0.4, 0.5) is 0 Å². The predicted molar refractivity (Wildman–Crippen MR) is 89.3 cm³/mol. The number of benzene rings is 1. The fourth-order valence-corrected chi connectivity index (χ4v) is 4.60. The third-order valence-corrected chi connectivity index (χ3v) is 5.44. The lowest BCUT2D eigenvalue weighted by atomic mass is 9.88. The molecule has 1 aromatic rings. The fourth-order valence-electron chi connectivity index (χ4n) is 4.60. The molecule has 2 heteroatoms. The Labute approximate surface area is 129 Å². The molecule has 3 rings (SSSR count). The molecule has 21 heavy (non-hydrogen) atoms.